The number of carbonyl (C=O) groups excluding carboxylic acids is 2. The number of amides is 2. The van der Waals surface area contributed by atoms with E-state index in [2.05, 4.69) is 31.8 Å². The van der Waals surface area contributed by atoms with Gasteiger partial charge in [0.1, 0.15) is 5.75 Å². The number of hydrogen-bond acceptors (Lipinski definition) is 4. The van der Waals surface area contributed by atoms with E-state index in [0.717, 1.165) is 17.3 Å². The van der Waals surface area contributed by atoms with E-state index in [9.17, 15) is 14.7 Å². The molecule has 0 atom stereocenters. The van der Waals surface area contributed by atoms with E-state index in [1.165, 1.54) is 12.3 Å². The first-order valence-corrected chi connectivity index (χ1v) is 9.00. The summed E-state index contributed by atoms with van der Waals surface area (Å²) in [7, 11) is 0. The van der Waals surface area contributed by atoms with Crippen molar-refractivity contribution in [3.05, 3.63) is 58.1 Å². The largest absolute Gasteiger partial charge is 0.507 e. The van der Waals surface area contributed by atoms with Crippen LogP contribution in [0.1, 0.15) is 42.1 Å². The summed E-state index contributed by atoms with van der Waals surface area (Å²) in [5.41, 5.74) is 3.80. The number of benzene rings is 2. The van der Waals surface area contributed by atoms with Gasteiger partial charge in [-0.3, -0.25) is 9.59 Å². The van der Waals surface area contributed by atoms with Crippen molar-refractivity contribution in [2.75, 3.05) is 5.32 Å². The van der Waals surface area contributed by atoms with Crippen molar-refractivity contribution >= 4 is 39.6 Å². The van der Waals surface area contributed by atoms with Crippen LogP contribution in [0.25, 0.3) is 0 Å². The molecule has 2 aromatic rings. The minimum atomic E-state index is -0.416. The molecule has 26 heavy (non-hydrogen) atoms. The summed E-state index contributed by atoms with van der Waals surface area (Å²) in [6, 6.07) is 11.5. The Kier molecular flexibility index (Phi) is 7.35. The van der Waals surface area contributed by atoms with Crippen molar-refractivity contribution in [3.8, 4) is 5.75 Å². The summed E-state index contributed by atoms with van der Waals surface area (Å²) in [5, 5.41) is 16.4. The van der Waals surface area contributed by atoms with Crippen LogP contribution in [0, 0.1) is 0 Å². The van der Waals surface area contributed by atoms with Crippen molar-refractivity contribution < 1.29 is 14.7 Å². The summed E-state index contributed by atoms with van der Waals surface area (Å²) >= 11 is 3.30. The molecule has 0 aliphatic rings. The Hall–Kier alpha value is -2.67. The number of carbonyl (C=O) groups is 2. The number of nitrogens with zero attached hydrogens (tertiary/aromatic N) is 1. The average Bonchev–Trinajstić information content (AvgIpc) is 2.63. The van der Waals surface area contributed by atoms with Crippen LogP contribution < -0.4 is 10.7 Å². The second kappa shape index (κ2) is 9.72. The quantitative estimate of drug-likeness (QED) is 0.468. The molecule has 0 aliphatic carbocycles. The normalized spacial score (nSPS) is 10.7. The molecule has 7 heteroatoms. The van der Waals surface area contributed by atoms with Gasteiger partial charge in [-0.15, -0.1) is 0 Å². The Balaban J connectivity index is 1.99. The summed E-state index contributed by atoms with van der Waals surface area (Å²) < 4.78 is 0.787. The van der Waals surface area contributed by atoms with Gasteiger partial charge in [-0.25, -0.2) is 5.43 Å². The number of hydrazone groups is 1. The van der Waals surface area contributed by atoms with Crippen LogP contribution >= 0.6 is 15.9 Å². The van der Waals surface area contributed by atoms with Crippen LogP contribution in [0.4, 0.5) is 5.69 Å². The van der Waals surface area contributed by atoms with E-state index in [4.69, 9.17) is 0 Å². The van der Waals surface area contributed by atoms with Gasteiger partial charge in [0.25, 0.3) is 5.91 Å². The predicted octanol–water partition coefficient (Wildman–Crippen LogP) is 4.05. The SMILES string of the molecule is CCCCC(=O)Nc1cccc(C(=O)N/N=C\c2cc(Br)ccc2O)c1. The summed E-state index contributed by atoms with van der Waals surface area (Å²) in [6.45, 7) is 2.02. The van der Waals surface area contributed by atoms with Crippen molar-refractivity contribution in [1.82, 2.24) is 5.43 Å². The van der Waals surface area contributed by atoms with Gasteiger partial charge in [-0.1, -0.05) is 35.3 Å². The molecule has 2 aromatic carbocycles. The van der Waals surface area contributed by atoms with Crippen molar-refractivity contribution in [3.63, 3.8) is 0 Å². The Morgan fingerprint density at radius 1 is 1.23 bits per heavy atom. The number of rotatable bonds is 7. The lowest BCUT2D eigenvalue weighted by molar-refractivity contribution is -0.116. The maximum atomic E-state index is 12.2. The standard InChI is InChI=1S/C19H20BrN3O3/c1-2-3-7-18(25)22-16-6-4-5-13(11-16)19(26)23-21-12-14-10-15(20)8-9-17(14)24/h4-6,8-12,24H,2-3,7H2,1H3,(H,22,25)(H,23,26)/b21-12-. The second-order valence-corrected chi connectivity index (χ2v) is 6.55. The number of phenolic OH excluding ortho intramolecular Hbond substituents is 1. The van der Waals surface area contributed by atoms with Gasteiger partial charge in [0.05, 0.1) is 6.21 Å². The van der Waals surface area contributed by atoms with Crippen LogP contribution in [0.3, 0.4) is 0 Å². The number of nitrogens with one attached hydrogen (secondary N) is 2. The molecule has 0 bridgehead atoms. The molecule has 0 fully saturated rings. The van der Waals surface area contributed by atoms with Gasteiger partial charge < -0.3 is 10.4 Å². The van der Waals surface area contributed by atoms with Crippen molar-refractivity contribution in [2.24, 2.45) is 5.10 Å². The van der Waals surface area contributed by atoms with Gasteiger partial charge in [0.2, 0.25) is 5.91 Å². The third-order valence-corrected chi connectivity index (χ3v) is 4.02. The molecule has 6 nitrogen and oxygen atoms in total. The maximum Gasteiger partial charge on any atom is 0.271 e. The molecule has 0 heterocycles. The summed E-state index contributed by atoms with van der Waals surface area (Å²) in [4.78, 5) is 24.0. The predicted molar refractivity (Wildman–Crippen MR) is 105 cm³/mol. The third-order valence-electron chi connectivity index (χ3n) is 3.53. The lowest BCUT2D eigenvalue weighted by atomic mass is 10.2. The van der Waals surface area contributed by atoms with E-state index in [-0.39, 0.29) is 11.7 Å². The first-order valence-electron chi connectivity index (χ1n) is 8.21. The number of anilines is 1. The molecule has 0 unspecified atom stereocenters. The Morgan fingerprint density at radius 2 is 2.04 bits per heavy atom. The van der Waals surface area contributed by atoms with Crippen LogP contribution in [-0.2, 0) is 4.79 Å². The Labute approximate surface area is 160 Å². The number of aromatic hydroxyl groups is 1. The highest BCUT2D eigenvalue weighted by Crippen LogP contribution is 2.20. The van der Waals surface area contributed by atoms with Gasteiger partial charge in [0.15, 0.2) is 0 Å². The molecule has 3 N–H and O–H groups in total. The van der Waals surface area contributed by atoms with Crippen LogP contribution in [-0.4, -0.2) is 23.1 Å². The summed E-state index contributed by atoms with van der Waals surface area (Å²) in [5.74, 6) is -0.434. The van der Waals surface area contributed by atoms with Crippen LogP contribution in [0.2, 0.25) is 0 Å². The van der Waals surface area contributed by atoms with E-state index in [1.807, 2.05) is 6.92 Å². The zero-order valence-electron chi connectivity index (χ0n) is 14.3. The smallest absolute Gasteiger partial charge is 0.271 e. The molecular weight excluding hydrogens is 398 g/mol. The molecule has 0 saturated heterocycles. The number of unbranched alkanes of at least 4 members (excludes halogenated alkanes) is 1. The second-order valence-electron chi connectivity index (χ2n) is 5.63. The Morgan fingerprint density at radius 3 is 2.81 bits per heavy atom. The van der Waals surface area contributed by atoms with Crippen molar-refractivity contribution in [2.45, 2.75) is 26.2 Å². The van der Waals surface area contributed by atoms with E-state index >= 15 is 0 Å². The molecule has 0 radical (unpaired) electrons. The van der Waals surface area contributed by atoms with E-state index in [1.54, 1.807) is 36.4 Å². The highest BCUT2D eigenvalue weighted by atomic mass is 79.9. The fraction of sp³-hybridized carbons (Fsp3) is 0.211. The molecular formula is C19H20BrN3O3. The zero-order valence-corrected chi connectivity index (χ0v) is 15.9. The van der Waals surface area contributed by atoms with Gasteiger partial charge in [0, 0.05) is 27.7 Å². The molecule has 0 aromatic heterocycles. The zero-order chi connectivity index (χ0) is 18.9. The van der Waals surface area contributed by atoms with Gasteiger partial charge in [-0.05, 0) is 42.8 Å². The topological polar surface area (TPSA) is 90.8 Å². The lowest BCUT2D eigenvalue weighted by Crippen LogP contribution is -2.18. The van der Waals surface area contributed by atoms with Crippen LogP contribution in [0.5, 0.6) is 5.75 Å². The molecule has 0 spiro atoms. The number of halogens is 1. The van der Waals surface area contributed by atoms with E-state index in [0.29, 0.717) is 23.2 Å². The molecule has 0 saturated carbocycles. The molecule has 2 amide bonds. The van der Waals surface area contributed by atoms with E-state index < -0.39 is 5.91 Å². The van der Waals surface area contributed by atoms with Crippen LogP contribution in [0.15, 0.2) is 52.0 Å². The first kappa shape index (κ1) is 19.7. The third kappa shape index (κ3) is 6.00. The molecule has 2 rings (SSSR count). The van der Waals surface area contributed by atoms with Crippen molar-refractivity contribution in [1.29, 1.82) is 0 Å². The fourth-order valence-electron chi connectivity index (χ4n) is 2.15. The summed E-state index contributed by atoms with van der Waals surface area (Å²) in [6.07, 6.45) is 3.58. The fourth-order valence-corrected chi connectivity index (χ4v) is 2.53. The van der Waals surface area contributed by atoms with Gasteiger partial charge in [-0.2, -0.15) is 5.10 Å². The lowest BCUT2D eigenvalue weighted by Gasteiger charge is -2.06. The highest BCUT2D eigenvalue weighted by Gasteiger charge is 2.07. The first-order chi connectivity index (χ1) is 12.5. The number of phenols is 1. The number of hydrogen-bond donors (Lipinski definition) is 3. The monoisotopic (exact) mass is 417 g/mol. The minimum Gasteiger partial charge on any atom is -0.507 e. The average molecular weight is 418 g/mol. The molecule has 136 valence electrons. The molecule has 0 aliphatic heterocycles. The minimum absolute atomic E-state index is 0.0583. The Bertz CT molecular complexity index is 821. The highest BCUT2D eigenvalue weighted by molar-refractivity contribution is 9.10. The van der Waals surface area contributed by atoms with Gasteiger partial charge >= 0.3 is 0 Å². The maximum absolute atomic E-state index is 12.2.